The van der Waals surface area contributed by atoms with Crippen LogP contribution in [0.15, 0.2) is 0 Å². The summed E-state index contributed by atoms with van der Waals surface area (Å²) in [6, 6.07) is 0. The summed E-state index contributed by atoms with van der Waals surface area (Å²) in [4.78, 5) is 0. The summed E-state index contributed by atoms with van der Waals surface area (Å²) in [6.45, 7) is 14.5. The summed E-state index contributed by atoms with van der Waals surface area (Å²) in [5, 5.41) is 0. The number of ether oxygens (including phenoxy) is 2. The van der Waals surface area contributed by atoms with Crippen molar-refractivity contribution < 1.29 is 9.47 Å². The minimum Gasteiger partial charge on any atom is -0.344 e. The highest BCUT2D eigenvalue weighted by Crippen LogP contribution is 2.15. The minimum absolute atomic E-state index is 0.273. The standard InChI is InChI=1S/C13H27O2/c1-7-12(10(3)4)14-9-15-13(8-2)11(5)6/h9-13H,7-8H2,1-6H3. The van der Waals surface area contributed by atoms with Gasteiger partial charge in [0.25, 0.3) is 0 Å². The molecular weight excluding hydrogens is 188 g/mol. The van der Waals surface area contributed by atoms with Gasteiger partial charge in [-0.1, -0.05) is 41.5 Å². The molecule has 0 saturated carbocycles. The van der Waals surface area contributed by atoms with Crippen LogP contribution in [0.3, 0.4) is 0 Å². The van der Waals surface area contributed by atoms with E-state index in [1.165, 1.54) is 0 Å². The predicted molar refractivity (Wildman–Crippen MR) is 64.3 cm³/mol. The Balaban J connectivity index is 3.75. The second kappa shape index (κ2) is 8.12. The molecular formula is C13H27O2. The Kier molecular flexibility index (Phi) is 8.07. The lowest BCUT2D eigenvalue weighted by atomic mass is 10.1. The van der Waals surface area contributed by atoms with Crippen molar-refractivity contribution in [1.82, 2.24) is 0 Å². The Hall–Kier alpha value is -0.0800. The molecule has 0 aromatic heterocycles. The lowest BCUT2D eigenvalue weighted by molar-refractivity contribution is -0.0781. The van der Waals surface area contributed by atoms with E-state index in [2.05, 4.69) is 41.5 Å². The highest BCUT2D eigenvalue weighted by atomic mass is 16.7. The van der Waals surface area contributed by atoms with E-state index >= 15 is 0 Å². The number of hydrogen-bond donors (Lipinski definition) is 0. The first kappa shape index (κ1) is 14.9. The molecule has 0 aromatic rings. The maximum atomic E-state index is 5.59. The summed E-state index contributed by atoms with van der Waals surface area (Å²) in [6.07, 6.45) is 2.59. The zero-order chi connectivity index (χ0) is 11.8. The Labute approximate surface area is 95.3 Å². The van der Waals surface area contributed by atoms with Gasteiger partial charge in [0.15, 0.2) is 0 Å². The molecule has 2 nitrogen and oxygen atoms in total. The predicted octanol–water partition coefficient (Wildman–Crippen LogP) is 4.01. The van der Waals surface area contributed by atoms with Crippen LogP contribution >= 0.6 is 0 Å². The van der Waals surface area contributed by atoms with E-state index in [4.69, 9.17) is 9.47 Å². The highest BCUT2D eigenvalue weighted by Gasteiger charge is 2.15. The van der Waals surface area contributed by atoms with E-state index in [1.807, 2.05) is 0 Å². The van der Waals surface area contributed by atoms with Gasteiger partial charge in [-0.25, -0.2) is 0 Å². The van der Waals surface area contributed by atoms with Gasteiger partial charge in [-0.3, -0.25) is 0 Å². The third kappa shape index (κ3) is 6.16. The smallest absolute Gasteiger partial charge is 0.210 e. The molecule has 0 aliphatic rings. The molecule has 1 radical (unpaired) electrons. The molecule has 0 heterocycles. The molecule has 15 heavy (non-hydrogen) atoms. The van der Waals surface area contributed by atoms with Crippen LogP contribution in [0.1, 0.15) is 54.4 Å². The van der Waals surface area contributed by atoms with Crippen molar-refractivity contribution in [2.24, 2.45) is 11.8 Å². The van der Waals surface area contributed by atoms with Crippen LogP contribution < -0.4 is 0 Å². The maximum absolute atomic E-state index is 5.59. The van der Waals surface area contributed by atoms with Crippen molar-refractivity contribution in [3.8, 4) is 0 Å². The molecule has 0 aliphatic heterocycles. The van der Waals surface area contributed by atoms with Crippen molar-refractivity contribution in [1.29, 1.82) is 0 Å². The third-order valence-electron chi connectivity index (χ3n) is 2.75. The molecule has 0 amide bonds. The maximum Gasteiger partial charge on any atom is 0.210 e. The SMILES string of the molecule is CCC(O[CH]OC(CC)C(C)C)C(C)C. The monoisotopic (exact) mass is 215 g/mol. The van der Waals surface area contributed by atoms with Crippen LogP contribution in [0, 0.1) is 18.6 Å². The molecule has 0 bridgehead atoms. The molecule has 0 saturated heterocycles. The van der Waals surface area contributed by atoms with E-state index in [0.717, 1.165) is 12.8 Å². The second-order valence-corrected chi connectivity index (χ2v) is 4.75. The minimum atomic E-state index is 0.273. The fourth-order valence-corrected chi connectivity index (χ4v) is 1.62. The molecule has 2 heteroatoms. The first-order valence-corrected chi connectivity index (χ1v) is 6.15. The van der Waals surface area contributed by atoms with Gasteiger partial charge < -0.3 is 9.47 Å². The van der Waals surface area contributed by atoms with Crippen molar-refractivity contribution in [2.75, 3.05) is 0 Å². The van der Waals surface area contributed by atoms with Gasteiger partial charge in [0.2, 0.25) is 6.79 Å². The summed E-state index contributed by atoms with van der Waals surface area (Å²) in [5.41, 5.74) is 0. The molecule has 0 fully saturated rings. The van der Waals surface area contributed by atoms with E-state index in [9.17, 15) is 0 Å². The first-order valence-electron chi connectivity index (χ1n) is 6.15. The fourth-order valence-electron chi connectivity index (χ4n) is 1.62. The van der Waals surface area contributed by atoms with Gasteiger partial charge in [-0.2, -0.15) is 0 Å². The molecule has 2 unspecified atom stereocenters. The third-order valence-corrected chi connectivity index (χ3v) is 2.75. The Morgan fingerprint density at radius 1 is 0.800 bits per heavy atom. The summed E-state index contributed by atoms with van der Waals surface area (Å²) in [5.74, 6) is 1.07. The van der Waals surface area contributed by atoms with E-state index in [0.29, 0.717) is 11.8 Å². The highest BCUT2D eigenvalue weighted by molar-refractivity contribution is 4.63. The summed E-state index contributed by atoms with van der Waals surface area (Å²) in [7, 11) is 0. The average molecular weight is 215 g/mol. The molecule has 2 atom stereocenters. The van der Waals surface area contributed by atoms with Gasteiger partial charge in [0.05, 0.1) is 12.2 Å². The molecule has 0 rings (SSSR count). The van der Waals surface area contributed by atoms with Gasteiger partial charge >= 0.3 is 0 Å². The quantitative estimate of drug-likeness (QED) is 0.609. The first-order chi connectivity index (χ1) is 7.02. The van der Waals surface area contributed by atoms with Crippen molar-refractivity contribution in [3.63, 3.8) is 0 Å². The van der Waals surface area contributed by atoms with Crippen molar-refractivity contribution >= 4 is 0 Å². The Morgan fingerprint density at radius 2 is 1.13 bits per heavy atom. The largest absolute Gasteiger partial charge is 0.344 e. The van der Waals surface area contributed by atoms with Crippen LogP contribution in [0.25, 0.3) is 0 Å². The molecule has 91 valence electrons. The van der Waals surface area contributed by atoms with Gasteiger partial charge in [0.1, 0.15) is 0 Å². The lowest BCUT2D eigenvalue weighted by Gasteiger charge is -2.23. The molecule has 0 spiro atoms. The number of hydrogen-bond acceptors (Lipinski definition) is 2. The van der Waals surface area contributed by atoms with Crippen LogP contribution in [0.4, 0.5) is 0 Å². The van der Waals surface area contributed by atoms with E-state index < -0.39 is 0 Å². The normalized spacial score (nSPS) is 16.0. The van der Waals surface area contributed by atoms with Crippen LogP contribution in [0.2, 0.25) is 0 Å². The molecule has 0 aromatic carbocycles. The van der Waals surface area contributed by atoms with Crippen LogP contribution in [-0.2, 0) is 9.47 Å². The zero-order valence-corrected chi connectivity index (χ0v) is 11.1. The van der Waals surface area contributed by atoms with Gasteiger partial charge in [-0.05, 0) is 24.7 Å². The average Bonchev–Trinajstić information content (AvgIpc) is 2.17. The topological polar surface area (TPSA) is 18.5 Å². The Bertz CT molecular complexity index is 127. The lowest BCUT2D eigenvalue weighted by Crippen LogP contribution is -2.22. The van der Waals surface area contributed by atoms with Gasteiger partial charge in [0, 0.05) is 0 Å². The number of rotatable bonds is 8. The van der Waals surface area contributed by atoms with Crippen molar-refractivity contribution in [2.45, 2.75) is 66.6 Å². The summed E-state index contributed by atoms with van der Waals surface area (Å²) < 4.78 is 11.2. The second-order valence-electron chi connectivity index (χ2n) is 4.75. The van der Waals surface area contributed by atoms with Gasteiger partial charge in [-0.15, -0.1) is 0 Å². The van der Waals surface area contributed by atoms with E-state index in [-0.39, 0.29) is 12.2 Å². The van der Waals surface area contributed by atoms with E-state index in [1.54, 1.807) is 6.79 Å². The zero-order valence-electron chi connectivity index (χ0n) is 11.1. The van der Waals surface area contributed by atoms with Crippen molar-refractivity contribution in [3.05, 3.63) is 6.79 Å². The van der Waals surface area contributed by atoms with Crippen LogP contribution in [0.5, 0.6) is 0 Å². The molecule has 0 aliphatic carbocycles. The Morgan fingerprint density at radius 3 is 1.33 bits per heavy atom. The molecule has 0 N–H and O–H groups in total. The van der Waals surface area contributed by atoms with Crippen LogP contribution in [-0.4, -0.2) is 12.2 Å². The summed E-state index contributed by atoms with van der Waals surface area (Å²) >= 11 is 0. The fraction of sp³-hybridized carbons (Fsp3) is 0.923.